The van der Waals surface area contributed by atoms with E-state index in [1.165, 1.54) is 0 Å². The van der Waals surface area contributed by atoms with Gasteiger partial charge in [-0.15, -0.1) is 0 Å². The standard InChI is InChI=1S/C32H32N2O3/c1-24(2)20-21-36-29-18-14-25(15-19-29)22-33-34-32(35)28-16-12-26(13-17-28)23-37-31-11-7-6-10-30(31)27-8-4-3-5-9-27/h3-19,22,24H,20-21,23H2,1-2H3,(H,34,35)/b33-22-. The molecule has 0 bridgehead atoms. The predicted octanol–water partition coefficient (Wildman–Crippen LogP) is 7.12. The van der Waals surface area contributed by atoms with Crippen LogP contribution in [0.5, 0.6) is 11.5 Å². The summed E-state index contributed by atoms with van der Waals surface area (Å²) in [5.41, 5.74) is 7.11. The lowest BCUT2D eigenvalue weighted by molar-refractivity contribution is 0.0955. The molecule has 0 spiro atoms. The van der Waals surface area contributed by atoms with E-state index in [0.29, 0.717) is 24.7 Å². The molecule has 4 aromatic carbocycles. The first-order chi connectivity index (χ1) is 18.1. The maximum atomic E-state index is 12.5. The molecule has 0 saturated heterocycles. The van der Waals surface area contributed by atoms with Crippen molar-refractivity contribution in [2.75, 3.05) is 6.61 Å². The molecule has 1 amide bonds. The van der Waals surface area contributed by atoms with Crippen LogP contribution >= 0.6 is 0 Å². The minimum Gasteiger partial charge on any atom is -0.494 e. The number of amides is 1. The molecule has 0 aliphatic rings. The number of benzene rings is 4. The van der Waals surface area contributed by atoms with E-state index in [2.05, 4.69) is 42.6 Å². The number of carbonyl (C=O) groups excluding carboxylic acids is 1. The van der Waals surface area contributed by atoms with E-state index >= 15 is 0 Å². The quantitative estimate of drug-likeness (QED) is 0.179. The minimum absolute atomic E-state index is 0.271. The maximum absolute atomic E-state index is 12.5. The van der Waals surface area contributed by atoms with Crippen molar-refractivity contribution in [2.45, 2.75) is 26.9 Å². The first kappa shape index (κ1) is 25.7. The molecule has 0 atom stereocenters. The monoisotopic (exact) mass is 492 g/mol. The summed E-state index contributed by atoms with van der Waals surface area (Å²) in [7, 11) is 0. The fraction of sp³-hybridized carbons (Fsp3) is 0.188. The molecule has 0 heterocycles. The summed E-state index contributed by atoms with van der Waals surface area (Å²) in [5.74, 6) is 1.99. The zero-order valence-electron chi connectivity index (χ0n) is 21.3. The molecule has 5 heteroatoms. The van der Waals surface area contributed by atoms with Crippen LogP contribution < -0.4 is 14.9 Å². The van der Waals surface area contributed by atoms with E-state index in [0.717, 1.165) is 40.2 Å². The Morgan fingerprint density at radius 1 is 0.838 bits per heavy atom. The molecule has 4 aromatic rings. The second-order valence-corrected chi connectivity index (χ2v) is 9.15. The Hall–Kier alpha value is -4.38. The van der Waals surface area contributed by atoms with E-state index in [4.69, 9.17) is 9.47 Å². The van der Waals surface area contributed by atoms with E-state index in [9.17, 15) is 4.79 Å². The second-order valence-electron chi connectivity index (χ2n) is 9.15. The third-order valence-electron chi connectivity index (χ3n) is 5.81. The van der Waals surface area contributed by atoms with E-state index in [-0.39, 0.29) is 5.91 Å². The van der Waals surface area contributed by atoms with Crippen molar-refractivity contribution in [3.63, 3.8) is 0 Å². The first-order valence-electron chi connectivity index (χ1n) is 12.5. The minimum atomic E-state index is -0.271. The van der Waals surface area contributed by atoms with Crippen LogP contribution in [0.4, 0.5) is 0 Å². The topological polar surface area (TPSA) is 59.9 Å². The third-order valence-corrected chi connectivity index (χ3v) is 5.81. The van der Waals surface area contributed by atoms with Crippen LogP contribution in [0.25, 0.3) is 11.1 Å². The Balaban J connectivity index is 1.27. The van der Waals surface area contributed by atoms with Crippen molar-refractivity contribution < 1.29 is 14.3 Å². The van der Waals surface area contributed by atoms with E-state index in [1.54, 1.807) is 18.3 Å². The Morgan fingerprint density at radius 2 is 1.54 bits per heavy atom. The van der Waals surface area contributed by atoms with Gasteiger partial charge in [-0.25, -0.2) is 5.43 Å². The number of nitrogens with zero attached hydrogens (tertiary/aromatic N) is 1. The summed E-state index contributed by atoms with van der Waals surface area (Å²) in [6, 6.07) is 33.1. The summed E-state index contributed by atoms with van der Waals surface area (Å²) in [5, 5.41) is 4.08. The number of para-hydroxylation sites is 1. The lowest BCUT2D eigenvalue weighted by atomic mass is 10.0. The molecule has 4 rings (SSSR count). The fourth-order valence-corrected chi connectivity index (χ4v) is 3.65. The highest BCUT2D eigenvalue weighted by Gasteiger charge is 2.07. The summed E-state index contributed by atoms with van der Waals surface area (Å²) < 4.78 is 11.8. The van der Waals surface area contributed by atoms with Gasteiger partial charge in [0, 0.05) is 11.1 Å². The van der Waals surface area contributed by atoms with Crippen LogP contribution in [-0.4, -0.2) is 18.7 Å². The van der Waals surface area contributed by atoms with Gasteiger partial charge in [-0.05, 0) is 71.5 Å². The lowest BCUT2D eigenvalue weighted by Gasteiger charge is -2.12. The molecule has 0 aromatic heterocycles. The van der Waals surface area contributed by atoms with Crippen LogP contribution in [0.3, 0.4) is 0 Å². The molecule has 37 heavy (non-hydrogen) atoms. The second kappa shape index (κ2) is 13.1. The number of nitrogens with one attached hydrogen (secondary N) is 1. The van der Waals surface area contributed by atoms with Gasteiger partial charge >= 0.3 is 0 Å². The normalized spacial score (nSPS) is 11.0. The molecule has 0 fully saturated rings. The van der Waals surface area contributed by atoms with Gasteiger partial charge in [0.25, 0.3) is 5.91 Å². The smallest absolute Gasteiger partial charge is 0.271 e. The molecule has 0 radical (unpaired) electrons. The summed E-state index contributed by atoms with van der Waals surface area (Å²) in [4.78, 5) is 12.5. The van der Waals surface area contributed by atoms with Crippen LogP contribution in [0, 0.1) is 5.92 Å². The van der Waals surface area contributed by atoms with Gasteiger partial charge in [0.2, 0.25) is 0 Å². The number of carbonyl (C=O) groups is 1. The van der Waals surface area contributed by atoms with Gasteiger partial charge in [0.05, 0.1) is 12.8 Å². The van der Waals surface area contributed by atoms with Crippen molar-refractivity contribution >= 4 is 12.1 Å². The highest BCUT2D eigenvalue weighted by atomic mass is 16.5. The summed E-state index contributed by atoms with van der Waals surface area (Å²) >= 11 is 0. The molecular formula is C32H32N2O3. The molecule has 0 saturated carbocycles. The largest absolute Gasteiger partial charge is 0.494 e. The lowest BCUT2D eigenvalue weighted by Crippen LogP contribution is -2.17. The molecule has 188 valence electrons. The Labute approximate surface area is 218 Å². The van der Waals surface area contributed by atoms with Crippen molar-refractivity contribution in [2.24, 2.45) is 11.0 Å². The number of hydrogen-bond acceptors (Lipinski definition) is 4. The number of ether oxygens (including phenoxy) is 2. The molecule has 5 nitrogen and oxygen atoms in total. The zero-order chi connectivity index (χ0) is 25.9. The van der Waals surface area contributed by atoms with Gasteiger partial charge < -0.3 is 9.47 Å². The van der Waals surface area contributed by atoms with Crippen LogP contribution in [0.1, 0.15) is 41.8 Å². The Bertz CT molecular complexity index is 1300. The maximum Gasteiger partial charge on any atom is 0.271 e. The molecule has 0 aliphatic carbocycles. The van der Waals surface area contributed by atoms with Crippen molar-refractivity contribution in [3.8, 4) is 22.6 Å². The van der Waals surface area contributed by atoms with Crippen molar-refractivity contribution in [1.82, 2.24) is 5.43 Å². The molecule has 0 unspecified atom stereocenters. The van der Waals surface area contributed by atoms with E-state index in [1.807, 2.05) is 72.8 Å². The van der Waals surface area contributed by atoms with Gasteiger partial charge in [0.1, 0.15) is 18.1 Å². The Kier molecular flexibility index (Phi) is 9.08. The average Bonchev–Trinajstić information content (AvgIpc) is 2.93. The predicted molar refractivity (Wildman–Crippen MR) is 149 cm³/mol. The summed E-state index contributed by atoms with van der Waals surface area (Å²) in [6.07, 6.45) is 2.63. The van der Waals surface area contributed by atoms with Crippen LogP contribution in [0.15, 0.2) is 108 Å². The Morgan fingerprint density at radius 3 is 2.27 bits per heavy atom. The first-order valence-corrected chi connectivity index (χ1v) is 12.5. The number of hydrogen-bond donors (Lipinski definition) is 1. The highest BCUT2D eigenvalue weighted by molar-refractivity contribution is 5.94. The van der Waals surface area contributed by atoms with Gasteiger partial charge in [-0.2, -0.15) is 5.10 Å². The molecule has 1 N–H and O–H groups in total. The molecule has 0 aliphatic heterocycles. The third kappa shape index (κ3) is 7.80. The van der Waals surface area contributed by atoms with Gasteiger partial charge in [-0.1, -0.05) is 74.5 Å². The average molecular weight is 493 g/mol. The van der Waals surface area contributed by atoms with Crippen molar-refractivity contribution in [3.05, 3.63) is 120 Å². The van der Waals surface area contributed by atoms with Gasteiger partial charge in [0.15, 0.2) is 0 Å². The fourth-order valence-electron chi connectivity index (χ4n) is 3.65. The highest BCUT2D eigenvalue weighted by Crippen LogP contribution is 2.30. The molecular weight excluding hydrogens is 460 g/mol. The van der Waals surface area contributed by atoms with Crippen LogP contribution in [0.2, 0.25) is 0 Å². The van der Waals surface area contributed by atoms with Crippen LogP contribution in [-0.2, 0) is 6.61 Å². The zero-order valence-corrected chi connectivity index (χ0v) is 21.3. The van der Waals surface area contributed by atoms with Gasteiger partial charge in [-0.3, -0.25) is 4.79 Å². The number of hydrazone groups is 1. The SMILES string of the molecule is CC(C)CCOc1ccc(/C=N\NC(=O)c2ccc(COc3ccccc3-c3ccccc3)cc2)cc1. The van der Waals surface area contributed by atoms with Crippen molar-refractivity contribution in [1.29, 1.82) is 0 Å². The summed E-state index contributed by atoms with van der Waals surface area (Å²) in [6.45, 7) is 5.45. The number of rotatable bonds is 11. The van der Waals surface area contributed by atoms with E-state index < -0.39 is 0 Å².